The molecular weight excluding hydrogens is 260 g/mol. The summed E-state index contributed by atoms with van der Waals surface area (Å²) in [6, 6.07) is 8.56. The van der Waals surface area contributed by atoms with E-state index in [4.69, 9.17) is 12.2 Å². The van der Waals surface area contributed by atoms with Gasteiger partial charge in [0, 0.05) is 16.2 Å². The summed E-state index contributed by atoms with van der Waals surface area (Å²) in [6.45, 7) is 0. The molecule has 0 unspecified atom stereocenters. The summed E-state index contributed by atoms with van der Waals surface area (Å²) in [5.74, 6) is 0. The number of benzene rings is 1. The third kappa shape index (κ3) is 2.96. The zero-order valence-corrected chi connectivity index (χ0v) is 9.99. The molecule has 2 rings (SSSR count). The van der Waals surface area contributed by atoms with Gasteiger partial charge in [-0.25, -0.2) is 0 Å². The minimum Gasteiger partial charge on any atom is -0.360 e. The zero-order valence-electron chi connectivity index (χ0n) is 7.59. The molecule has 0 aromatic heterocycles. The highest BCUT2D eigenvalue weighted by Crippen LogP contribution is 2.19. The van der Waals surface area contributed by atoms with Gasteiger partial charge in [-0.2, -0.15) is 0 Å². The Balaban J connectivity index is 1.89. The molecule has 4 heteroatoms. The van der Waals surface area contributed by atoms with E-state index in [1.54, 1.807) is 0 Å². The van der Waals surface area contributed by atoms with Crippen LogP contribution in [0, 0.1) is 0 Å². The van der Waals surface area contributed by atoms with Gasteiger partial charge in [0.25, 0.3) is 0 Å². The van der Waals surface area contributed by atoms with Crippen molar-refractivity contribution in [3.63, 3.8) is 0 Å². The van der Waals surface area contributed by atoms with Crippen molar-refractivity contribution in [2.75, 3.05) is 5.32 Å². The van der Waals surface area contributed by atoms with Gasteiger partial charge in [0.15, 0.2) is 5.11 Å². The highest BCUT2D eigenvalue weighted by molar-refractivity contribution is 9.10. The number of nitrogens with one attached hydrogen (secondary N) is 2. The van der Waals surface area contributed by atoms with Crippen LogP contribution in [-0.4, -0.2) is 11.2 Å². The van der Waals surface area contributed by atoms with E-state index in [9.17, 15) is 0 Å². The first-order chi connectivity index (χ1) is 6.74. The van der Waals surface area contributed by atoms with Crippen LogP contribution < -0.4 is 10.6 Å². The molecule has 14 heavy (non-hydrogen) atoms. The quantitative estimate of drug-likeness (QED) is 0.809. The molecule has 0 spiro atoms. The third-order valence-electron chi connectivity index (χ3n) is 2.01. The molecule has 0 saturated heterocycles. The van der Waals surface area contributed by atoms with Crippen molar-refractivity contribution in [2.45, 2.75) is 18.9 Å². The first kappa shape index (κ1) is 9.93. The molecule has 1 aliphatic rings. The number of hydrogen-bond donors (Lipinski definition) is 2. The van der Waals surface area contributed by atoms with E-state index in [2.05, 4.69) is 26.6 Å². The molecule has 1 aromatic carbocycles. The molecule has 0 heterocycles. The predicted molar refractivity (Wildman–Crippen MR) is 66.5 cm³/mol. The molecular formula is C10H11BrN2S. The Hall–Kier alpha value is -0.610. The Morgan fingerprint density at radius 1 is 1.29 bits per heavy atom. The summed E-state index contributed by atoms with van der Waals surface area (Å²) >= 11 is 8.54. The van der Waals surface area contributed by atoms with E-state index < -0.39 is 0 Å². The van der Waals surface area contributed by atoms with Crippen LogP contribution in [0.3, 0.4) is 0 Å². The summed E-state index contributed by atoms with van der Waals surface area (Å²) in [5, 5.41) is 7.08. The first-order valence-electron chi connectivity index (χ1n) is 4.57. The highest BCUT2D eigenvalue weighted by Gasteiger charge is 2.21. The van der Waals surface area contributed by atoms with Crippen molar-refractivity contribution < 1.29 is 0 Å². The van der Waals surface area contributed by atoms with Crippen LogP contribution in [0.25, 0.3) is 0 Å². The van der Waals surface area contributed by atoms with Crippen LogP contribution in [0.4, 0.5) is 5.69 Å². The number of halogens is 1. The van der Waals surface area contributed by atoms with Crippen LogP contribution in [-0.2, 0) is 0 Å². The van der Waals surface area contributed by atoms with Gasteiger partial charge in [-0.15, -0.1) is 0 Å². The fourth-order valence-corrected chi connectivity index (χ4v) is 1.66. The van der Waals surface area contributed by atoms with Crippen LogP contribution in [0.2, 0.25) is 0 Å². The van der Waals surface area contributed by atoms with Crippen molar-refractivity contribution in [2.24, 2.45) is 0 Å². The summed E-state index contributed by atoms with van der Waals surface area (Å²) < 4.78 is 1.07. The monoisotopic (exact) mass is 270 g/mol. The van der Waals surface area contributed by atoms with Crippen LogP contribution in [0.1, 0.15) is 12.8 Å². The van der Waals surface area contributed by atoms with Crippen LogP contribution >= 0.6 is 28.1 Å². The zero-order chi connectivity index (χ0) is 9.97. The molecule has 1 saturated carbocycles. The first-order valence-corrected chi connectivity index (χ1v) is 5.77. The Morgan fingerprint density at radius 3 is 2.50 bits per heavy atom. The summed E-state index contributed by atoms with van der Waals surface area (Å²) in [5.41, 5.74) is 1.02. The third-order valence-corrected chi connectivity index (χ3v) is 2.76. The highest BCUT2D eigenvalue weighted by atomic mass is 79.9. The largest absolute Gasteiger partial charge is 0.360 e. The molecule has 0 amide bonds. The SMILES string of the molecule is S=C(Nc1ccc(Br)cc1)NC1CC1. The van der Waals surface area contributed by atoms with E-state index >= 15 is 0 Å². The van der Waals surface area contributed by atoms with E-state index in [1.165, 1.54) is 12.8 Å². The smallest absolute Gasteiger partial charge is 0.170 e. The standard InChI is InChI=1S/C10H11BrN2S/c11-7-1-3-8(4-2-7)12-10(14)13-9-5-6-9/h1-4,9H,5-6H2,(H2,12,13,14). The summed E-state index contributed by atoms with van der Waals surface area (Å²) in [4.78, 5) is 0. The Kier molecular flexibility index (Phi) is 3.03. The number of rotatable bonds is 2. The van der Waals surface area contributed by atoms with E-state index in [0.29, 0.717) is 6.04 Å². The average molecular weight is 271 g/mol. The topological polar surface area (TPSA) is 24.1 Å². The minimum absolute atomic E-state index is 0.602. The predicted octanol–water partition coefficient (Wildman–Crippen LogP) is 2.90. The lowest BCUT2D eigenvalue weighted by molar-refractivity contribution is 0.919. The molecule has 0 bridgehead atoms. The Bertz CT molecular complexity index is 332. The lowest BCUT2D eigenvalue weighted by atomic mass is 10.3. The lowest BCUT2D eigenvalue weighted by Gasteiger charge is -2.09. The van der Waals surface area contributed by atoms with Crippen molar-refractivity contribution in [1.29, 1.82) is 0 Å². The van der Waals surface area contributed by atoms with Crippen molar-refractivity contribution in [3.8, 4) is 0 Å². The molecule has 2 nitrogen and oxygen atoms in total. The van der Waals surface area contributed by atoms with Gasteiger partial charge in [0.05, 0.1) is 0 Å². The Labute approximate surface area is 97.2 Å². The lowest BCUT2D eigenvalue weighted by Crippen LogP contribution is -2.30. The van der Waals surface area contributed by atoms with Gasteiger partial charge in [-0.3, -0.25) is 0 Å². The van der Waals surface area contributed by atoms with Crippen molar-refractivity contribution in [3.05, 3.63) is 28.7 Å². The fourth-order valence-electron chi connectivity index (χ4n) is 1.11. The molecule has 0 radical (unpaired) electrons. The Morgan fingerprint density at radius 2 is 1.93 bits per heavy atom. The second-order valence-electron chi connectivity index (χ2n) is 3.38. The van der Waals surface area contributed by atoms with Gasteiger partial charge in [-0.05, 0) is 49.3 Å². The van der Waals surface area contributed by atoms with E-state index in [-0.39, 0.29) is 0 Å². The molecule has 0 atom stereocenters. The average Bonchev–Trinajstić information content (AvgIpc) is 2.93. The molecule has 74 valence electrons. The summed E-state index contributed by atoms with van der Waals surface area (Å²) in [6.07, 6.45) is 2.48. The maximum atomic E-state index is 5.15. The molecule has 0 aliphatic heterocycles. The van der Waals surface area contributed by atoms with Crippen molar-refractivity contribution >= 4 is 38.9 Å². The molecule has 1 aromatic rings. The number of hydrogen-bond acceptors (Lipinski definition) is 1. The number of anilines is 1. The van der Waals surface area contributed by atoms with Crippen LogP contribution in [0.5, 0.6) is 0 Å². The summed E-state index contributed by atoms with van der Waals surface area (Å²) in [7, 11) is 0. The maximum Gasteiger partial charge on any atom is 0.170 e. The van der Waals surface area contributed by atoms with Gasteiger partial charge in [0.2, 0.25) is 0 Å². The molecule has 1 aliphatic carbocycles. The number of thiocarbonyl (C=S) groups is 1. The maximum absolute atomic E-state index is 5.15. The van der Waals surface area contributed by atoms with E-state index in [0.717, 1.165) is 15.3 Å². The van der Waals surface area contributed by atoms with Gasteiger partial charge < -0.3 is 10.6 Å². The van der Waals surface area contributed by atoms with Crippen LogP contribution in [0.15, 0.2) is 28.7 Å². The minimum atomic E-state index is 0.602. The normalized spacial score (nSPS) is 14.9. The second-order valence-corrected chi connectivity index (χ2v) is 4.70. The molecule has 1 fully saturated rings. The second kappa shape index (κ2) is 4.28. The van der Waals surface area contributed by atoms with Gasteiger partial charge in [-0.1, -0.05) is 15.9 Å². The van der Waals surface area contributed by atoms with Crippen molar-refractivity contribution in [1.82, 2.24) is 5.32 Å². The van der Waals surface area contributed by atoms with Gasteiger partial charge >= 0.3 is 0 Å². The van der Waals surface area contributed by atoms with Gasteiger partial charge in [0.1, 0.15) is 0 Å². The molecule has 2 N–H and O–H groups in total. The van der Waals surface area contributed by atoms with E-state index in [1.807, 2.05) is 24.3 Å². The fraction of sp³-hybridized carbons (Fsp3) is 0.300.